The van der Waals surface area contributed by atoms with Crippen LogP contribution in [-0.4, -0.2) is 62.3 Å². The minimum Gasteiger partial charge on any atom is -0.497 e. The van der Waals surface area contributed by atoms with Crippen molar-refractivity contribution in [1.82, 2.24) is 9.47 Å². The summed E-state index contributed by atoms with van der Waals surface area (Å²) in [6.45, 7) is 5.03. The van der Waals surface area contributed by atoms with E-state index in [2.05, 4.69) is 9.47 Å². The number of ketones is 1. The zero-order valence-electron chi connectivity index (χ0n) is 16.9. The lowest BCUT2D eigenvalue weighted by atomic mass is 10.0. The van der Waals surface area contributed by atoms with E-state index in [0.717, 1.165) is 56.0 Å². The lowest BCUT2D eigenvalue weighted by molar-refractivity contribution is 0.0363. The summed E-state index contributed by atoms with van der Waals surface area (Å²) in [4.78, 5) is 15.8. The molecule has 1 aliphatic rings. The molecule has 0 N–H and O–H groups in total. The highest BCUT2D eigenvalue weighted by Crippen LogP contribution is 2.34. The molecule has 0 aliphatic carbocycles. The van der Waals surface area contributed by atoms with Gasteiger partial charge < -0.3 is 18.8 Å². The molecule has 29 heavy (non-hydrogen) atoms. The summed E-state index contributed by atoms with van der Waals surface area (Å²) >= 11 is 0. The summed E-state index contributed by atoms with van der Waals surface area (Å²) < 4.78 is 18.5. The first-order valence-corrected chi connectivity index (χ1v) is 9.87. The van der Waals surface area contributed by atoms with Crippen LogP contribution in [-0.2, 0) is 11.3 Å². The maximum absolute atomic E-state index is 13.4. The number of carbonyl (C=O) groups is 1. The minimum atomic E-state index is -0.0502. The maximum atomic E-state index is 13.4. The molecule has 0 atom stereocenters. The molecule has 6 nitrogen and oxygen atoms in total. The van der Waals surface area contributed by atoms with Crippen molar-refractivity contribution in [3.8, 4) is 11.6 Å². The van der Waals surface area contributed by atoms with Crippen LogP contribution in [0.3, 0.4) is 0 Å². The normalized spacial score (nSPS) is 14.8. The first kappa shape index (κ1) is 19.5. The van der Waals surface area contributed by atoms with Crippen LogP contribution in [0.15, 0.2) is 48.5 Å². The number of morpholine rings is 1. The molecule has 1 fully saturated rings. The van der Waals surface area contributed by atoms with Gasteiger partial charge in [-0.15, -0.1) is 0 Å². The summed E-state index contributed by atoms with van der Waals surface area (Å²) in [5.74, 6) is 1.28. The number of hydrogen-bond acceptors (Lipinski definition) is 5. The number of nitrogens with zero attached hydrogens (tertiary/aromatic N) is 2. The average Bonchev–Trinajstić information content (AvgIpc) is 3.11. The van der Waals surface area contributed by atoms with E-state index < -0.39 is 0 Å². The smallest absolute Gasteiger partial charge is 0.205 e. The molecular formula is C23H26N2O4. The molecular weight excluding hydrogens is 368 g/mol. The lowest BCUT2D eigenvalue weighted by Crippen LogP contribution is -2.38. The fourth-order valence-electron chi connectivity index (χ4n) is 3.89. The van der Waals surface area contributed by atoms with Crippen LogP contribution in [0.25, 0.3) is 10.9 Å². The van der Waals surface area contributed by atoms with Crippen LogP contribution in [0.4, 0.5) is 0 Å². The summed E-state index contributed by atoms with van der Waals surface area (Å²) in [6, 6.07) is 15.2. The maximum Gasteiger partial charge on any atom is 0.205 e. The predicted octanol–water partition coefficient (Wildman–Crippen LogP) is 3.22. The third kappa shape index (κ3) is 3.86. The molecule has 0 spiro atoms. The molecule has 0 bridgehead atoms. The molecule has 0 radical (unpaired) electrons. The molecule has 4 rings (SSSR count). The van der Waals surface area contributed by atoms with Crippen LogP contribution < -0.4 is 9.47 Å². The van der Waals surface area contributed by atoms with Gasteiger partial charge in [-0.3, -0.25) is 9.69 Å². The number of rotatable bonds is 7. The molecule has 152 valence electrons. The second-order valence-corrected chi connectivity index (χ2v) is 7.06. The second-order valence-electron chi connectivity index (χ2n) is 7.06. The van der Waals surface area contributed by atoms with Crippen molar-refractivity contribution in [3.05, 3.63) is 59.7 Å². The van der Waals surface area contributed by atoms with Gasteiger partial charge in [0.25, 0.3) is 0 Å². The van der Waals surface area contributed by atoms with Crippen molar-refractivity contribution in [2.75, 3.05) is 47.1 Å². The molecule has 1 saturated heterocycles. The van der Waals surface area contributed by atoms with Crippen LogP contribution in [0.5, 0.6) is 11.6 Å². The molecule has 1 aliphatic heterocycles. The highest BCUT2D eigenvalue weighted by Gasteiger charge is 2.25. The lowest BCUT2D eigenvalue weighted by Gasteiger charge is -2.27. The molecule has 0 unspecified atom stereocenters. The molecule has 1 aromatic heterocycles. The van der Waals surface area contributed by atoms with Gasteiger partial charge >= 0.3 is 0 Å². The van der Waals surface area contributed by atoms with Crippen molar-refractivity contribution < 1.29 is 19.0 Å². The topological polar surface area (TPSA) is 52.9 Å². The van der Waals surface area contributed by atoms with Gasteiger partial charge in [-0.1, -0.05) is 18.2 Å². The van der Waals surface area contributed by atoms with Crippen LogP contribution in [0.1, 0.15) is 15.9 Å². The fourth-order valence-corrected chi connectivity index (χ4v) is 3.89. The number of ether oxygens (including phenoxy) is 3. The molecule has 0 saturated carbocycles. The SMILES string of the molecule is COc1ccc(C(=O)c2c(OC)n(CCN3CCOCC3)c3ccccc23)cc1. The molecule has 2 aromatic carbocycles. The number of benzene rings is 2. The van der Waals surface area contributed by atoms with Gasteiger partial charge in [-0.2, -0.15) is 0 Å². The summed E-state index contributed by atoms with van der Waals surface area (Å²) in [5.41, 5.74) is 2.23. The van der Waals surface area contributed by atoms with Gasteiger partial charge in [-0.25, -0.2) is 0 Å². The number of carbonyl (C=O) groups excluding carboxylic acids is 1. The van der Waals surface area contributed by atoms with Crippen molar-refractivity contribution in [3.63, 3.8) is 0 Å². The van der Waals surface area contributed by atoms with Crippen LogP contribution >= 0.6 is 0 Å². The third-order valence-corrected chi connectivity index (χ3v) is 5.44. The van der Waals surface area contributed by atoms with Gasteiger partial charge in [-0.05, 0) is 30.3 Å². The minimum absolute atomic E-state index is 0.0502. The molecule has 2 heterocycles. The Morgan fingerprint density at radius 2 is 1.69 bits per heavy atom. The van der Waals surface area contributed by atoms with E-state index in [-0.39, 0.29) is 5.78 Å². The number of aromatic nitrogens is 1. The zero-order valence-corrected chi connectivity index (χ0v) is 16.9. The van der Waals surface area contributed by atoms with Gasteiger partial charge in [0, 0.05) is 37.1 Å². The zero-order chi connectivity index (χ0) is 20.2. The number of fused-ring (bicyclic) bond motifs is 1. The van der Waals surface area contributed by atoms with Gasteiger partial charge in [0.05, 0.1) is 38.5 Å². The van der Waals surface area contributed by atoms with Crippen LogP contribution in [0, 0.1) is 0 Å². The third-order valence-electron chi connectivity index (χ3n) is 5.44. The Morgan fingerprint density at radius 1 is 0.966 bits per heavy atom. The van der Waals surface area contributed by atoms with Crippen molar-refractivity contribution in [2.45, 2.75) is 6.54 Å². The molecule has 6 heteroatoms. The van der Waals surface area contributed by atoms with E-state index in [9.17, 15) is 4.79 Å². The summed E-state index contributed by atoms with van der Waals surface area (Å²) in [5, 5.41) is 0.909. The van der Waals surface area contributed by atoms with E-state index in [4.69, 9.17) is 14.2 Å². The van der Waals surface area contributed by atoms with E-state index in [1.807, 2.05) is 24.3 Å². The Morgan fingerprint density at radius 3 is 2.38 bits per heavy atom. The Labute approximate surface area is 170 Å². The highest BCUT2D eigenvalue weighted by molar-refractivity contribution is 6.18. The van der Waals surface area contributed by atoms with E-state index in [1.165, 1.54) is 0 Å². The van der Waals surface area contributed by atoms with E-state index in [1.54, 1.807) is 38.5 Å². The largest absolute Gasteiger partial charge is 0.497 e. The predicted molar refractivity (Wildman–Crippen MR) is 112 cm³/mol. The number of methoxy groups -OCH3 is 2. The fraction of sp³-hybridized carbons (Fsp3) is 0.348. The standard InChI is InChI=1S/C23H26N2O4/c1-27-18-9-7-17(8-10-18)22(26)21-19-5-3-4-6-20(19)25(23(21)28-2)12-11-24-13-15-29-16-14-24/h3-10H,11-16H2,1-2H3. The Kier molecular flexibility index (Phi) is 5.83. The second kappa shape index (κ2) is 8.68. The van der Waals surface area contributed by atoms with Gasteiger partial charge in [0.2, 0.25) is 5.88 Å². The summed E-state index contributed by atoms with van der Waals surface area (Å²) in [6.07, 6.45) is 0. The number of para-hydroxylation sites is 1. The first-order chi connectivity index (χ1) is 14.2. The Hall–Kier alpha value is -2.83. The van der Waals surface area contributed by atoms with Crippen LogP contribution in [0.2, 0.25) is 0 Å². The average molecular weight is 394 g/mol. The molecule has 3 aromatic rings. The van der Waals surface area contributed by atoms with E-state index in [0.29, 0.717) is 17.0 Å². The molecule has 0 amide bonds. The van der Waals surface area contributed by atoms with Crippen molar-refractivity contribution >= 4 is 16.7 Å². The Bertz CT molecular complexity index is 988. The first-order valence-electron chi connectivity index (χ1n) is 9.87. The number of hydrogen-bond donors (Lipinski definition) is 0. The monoisotopic (exact) mass is 394 g/mol. The van der Waals surface area contributed by atoms with Crippen molar-refractivity contribution in [1.29, 1.82) is 0 Å². The van der Waals surface area contributed by atoms with Gasteiger partial charge in [0.1, 0.15) is 5.75 Å². The highest BCUT2D eigenvalue weighted by atomic mass is 16.5. The quantitative estimate of drug-likeness (QED) is 0.576. The van der Waals surface area contributed by atoms with Gasteiger partial charge in [0.15, 0.2) is 5.78 Å². The Balaban J connectivity index is 1.72. The van der Waals surface area contributed by atoms with Crippen molar-refractivity contribution in [2.24, 2.45) is 0 Å². The van der Waals surface area contributed by atoms with E-state index >= 15 is 0 Å². The summed E-state index contributed by atoms with van der Waals surface area (Å²) in [7, 11) is 3.24.